The van der Waals surface area contributed by atoms with Crippen molar-refractivity contribution in [3.05, 3.63) is 0 Å². The molecule has 0 bridgehead atoms. The molecule has 2 aliphatic carbocycles. The standard InChI is InChI=1S/C14H24N2O3/c17-12(10-11-6-2-1-3-7-11)15-16-13(18)14(19)8-4-5-9-14/h11,19H,1-10H2,(H,15,17)(H,16,18). The van der Waals surface area contributed by atoms with Gasteiger partial charge < -0.3 is 5.11 Å². The predicted octanol–water partition coefficient (Wildman–Crippen LogP) is 1.41. The maximum atomic E-state index is 11.8. The Hall–Kier alpha value is -1.10. The number of hydrogen-bond acceptors (Lipinski definition) is 3. The van der Waals surface area contributed by atoms with E-state index in [1.54, 1.807) is 0 Å². The summed E-state index contributed by atoms with van der Waals surface area (Å²) in [5.41, 5.74) is 3.52. The molecule has 0 spiro atoms. The summed E-state index contributed by atoms with van der Waals surface area (Å²) in [4.78, 5) is 23.5. The Morgan fingerprint density at radius 2 is 1.63 bits per heavy atom. The highest BCUT2D eigenvalue weighted by Crippen LogP contribution is 2.29. The molecular weight excluding hydrogens is 244 g/mol. The van der Waals surface area contributed by atoms with Gasteiger partial charge in [-0.25, -0.2) is 0 Å². The smallest absolute Gasteiger partial charge is 0.270 e. The average molecular weight is 268 g/mol. The molecular formula is C14H24N2O3. The third-order valence-corrected chi connectivity index (χ3v) is 4.37. The van der Waals surface area contributed by atoms with Crippen molar-refractivity contribution < 1.29 is 14.7 Å². The zero-order chi connectivity index (χ0) is 13.7. The van der Waals surface area contributed by atoms with Gasteiger partial charge >= 0.3 is 0 Å². The summed E-state index contributed by atoms with van der Waals surface area (Å²) in [5.74, 6) is -0.177. The lowest BCUT2D eigenvalue weighted by atomic mass is 9.87. The predicted molar refractivity (Wildman–Crippen MR) is 70.9 cm³/mol. The zero-order valence-corrected chi connectivity index (χ0v) is 11.4. The summed E-state index contributed by atoms with van der Waals surface area (Å²) in [5, 5.41) is 10.0. The molecule has 0 aromatic heterocycles. The van der Waals surface area contributed by atoms with Gasteiger partial charge in [0, 0.05) is 6.42 Å². The van der Waals surface area contributed by atoms with Crippen LogP contribution in [0.1, 0.15) is 64.2 Å². The topological polar surface area (TPSA) is 78.4 Å². The SMILES string of the molecule is O=C(CC1CCCCC1)NNC(=O)C1(O)CCCC1. The summed E-state index contributed by atoms with van der Waals surface area (Å²) >= 11 is 0. The minimum absolute atomic E-state index is 0.151. The van der Waals surface area contributed by atoms with Gasteiger partial charge in [0.05, 0.1) is 0 Å². The Bertz CT molecular complexity index is 332. The quantitative estimate of drug-likeness (QED) is 0.677. The van der Waals surface area contributed by atoms with Crippen LogP contribution in [-0.2, 0) is 9.59 Å². The maximum Gasteiger partial charge on any atom is 0.270 e. The van der Waals surface area contributed by atoms with E-state index in [1.807, 2.05) is 0 Å². The largest absolute Gasteiger partial charge is 0.380 e. The van der Waals surface area contributed by atoms with Crippen molar-refractivity contribution in [1.82, 2.24) is 10.9 Å². The van der Waals surface area contributed by atoms with Crippen molar-refractivity contribution in [2.75, 3.05) is 0 Å². The fourth-order valence-corrected chi connectivity index (χ4v) is 3.13. The first-order chi connectivity index (χ1) is 9.10. The van der Waals surface area contributed by atoms with Crippen LogP contribution in [0.4, 0.5) is 0 Å². The number of amides is 2. The average Bonchev–Trinajstić information content (AvgIpc) is 2.85. The Morgan fingerprint density at radius 1 is 1.00 bits per heavy atom. The minimum Gasteiger partial charge on any atom is -0.380 e. The van der Waals surface area contributed by atoms with E-state index in [9.17, 15) is 14.7 Å². The summed E-state index contributed by atoms with van der Waals surface area (Å²) in [6, 6.07) is 0. The van der Waals surface area contributed by atoms with Crippen molar-refractivity contribution in [3.8, 4) is 0 Å². The van der Waals surface area contributed by atoms with Crippen LogP contribution in [0.25, 0.3) is 0 Å². The normalized spacial score (nSPS) is 23.0. The van der Waals surface area contributed by atoms with Crippen molar-refractivity contribution in [2.24, 2.45) is 5.92 Å². The van der Waals surface area contributed by atoms with Crippen molar-refractivity contribution in [3.63, 3.8) is 0 Å². The van der Waals surface area contributed by atoms with E-state index in [4.69, 9.17) is 0 Å². The zero-order valence-electron chi connectivity index (χ0n) is 11.4. The van der Waals surface area contributed by atoms with E-state index in [-0.39, 0.29) is 5.91 Å². The van der Waals surface area contributed by atoms with E-state index in [1.165, 1.54) is 19.3 Å². The molecule has 5 nitrogen and oxygen atoms in total. The molecule has 0 heterocycles. The first-order valence-corrected chi connectivity index (χ1v) is 7.42. The Balaban J connectivity index is 1.69. The number of hydrazine groups is 1. The van der Waals surface area contributed by atoms with Gasteiger partial charge in [0.15, 0.2) is 0 Å². The van der Waals surface area contributed by atoms with Gasteiger partial charge in [-0.3, -0.25) is 20.4 Å². The number of aliphatic hydroxyl groups is 1. The van der Waals surface area contributed by atoms with Crippen molar-refractivity contribution >= 4 is 11.8 Å². The third kappa shape index (κ3) is 3.93. The van der Waals surface area contributed by atoms with E-state index in [2.05, 4.69) is 10.9 Å². The van der Waals surface area contributed by atoms with Crippen molar-refractivity contribution in [1.29, 1.82) is 0 Å². The van der Waals surface area contributed by atoms with Crippen LogP contribution in [0.3, 0.4) is 0 Å². The number of rotatable bonds is 3. The maximum absolute atomic E-state index is 11.8. The second kappa shape index (κ2) is 6.37. The molecule has 2 amide bonds. The Morgan fingerprint density at radius 3 is 2.26 bits per heavy atom. The van der Waals surface area contributed by atoms with Crippen LogP contribution in [0.5, 0.6) is 0 Å². The van der Waals surface area contributed by atoms with Crippen LogP contribution < -0.4 is 10.9 Å². The molecule has 0 atom stereocenters. The van der Waals surface area contributed by atoms with E-state index in [0.717, 1.165) is 25.7 Å². The lowest BCUT2D eigenvalue weighted by Crippen LogP contribution is -2.52. The van der Waals surface area contributed by atoms with Crippen LogP contribution in [0, 0.1) is 5.92 Å². The Labute approximate surface area is 114 Å². The molecule has 3 N–H and O–H groups in total. The van der Waals surface area contributed by atoms with Crippen molar-refractivity contribution in [2.45, 2.75) is 69.8 Å². The summed E-state index contributed by atoms with van der Waals surface area (Å²) in [6.07, 6.45) is 9.03. The number of carbonyl (C=O) groups is 2. The molecule has 19 heavy (non-hydrogen) atoms. The lowest BCUT2D eigenvalue weighted by molar-refractivity contribution is -0.142. The summed E-state index contributed by atoms with van der Waals surface area (Å²) < 4.78 is 0. The van der Waals surface area contributed by atoms with E-state index >= 15 is 0 Å². The molecule has 0 radical (unpaired) electrons. The molecule has 2 aliphatic rings. The first-order valence-electron chi connectivity index (χ1n) is 7.42. The van der Waals surface area contributed by atoms with Crippen LogP contribution in [-0.4, -0.2) is 22.5 Å². The minimum atomic E-state index is -1.28. The molecule has 0 unspecified atom stereocenters. The van der Waals surface area contributed by atoms with Gasteiger partial charge in [0.1, 0.15) is 5.60 Å². The molecule has 2 saturated carbocycles. The van der Waals surface area contributed by atoms with Gasteiger partial charge in [0.2, 0.25) is 5.91 Å². The van der Waals surface area contributed by atoms with Gasteiger partial charge in [-0.1, -0.05) is 19.3 Å². The third-order valence-electron chi connectivity index (χ3n) is 4.37. The highest BCUT2D eigenvalue weighted by molar-refractivity contribution is 5.87. The van der Waals surface area contributed by atoms with Crippen LogP contribution in [0.2, 0.25) is 0 Å². The fraction of sp³-hybridized carbons (Fsp3) is 0.857. The van der Waals surface area contributed by atoms with E-state index in [0.29, 0.717) is 25.2 Å². The highest BCUT2D eigenvalue weighted by Gasteiger charge is 2.39. The van der Waals surface area contributed by atoms with Crippen LogP contribution >= 0.6 is 0 Å². The first kappa shape index (κ1) is 14.3. The highest BCUT2D eigenvalue weighted by atomic mass is 16.3. The number of carbonyl (C=O) groups excluding carboxylic acids is 2. The van der Waals surface area contributed by atoms with Gasteiger partial charge in [-0.2, -0.15) is 0 Å². The van der Waals surface area contributed by atoms with E-state index < -0.39 is 11.5 Å². The molecule has 0 aliphatic heterocycles. The Kier molecular flexibility index (Phi) is 4.80. The second-order valence-electron chi connectivity index (χ2n) is 5.95. The molecule has 0 saturated heterocycles. The second-order valence-corrected chi connectivity index (χ2v) is 5.95. The van der Waals surface area contributed by atoms with Gasteiger partial charge in [-0.15, -0.1) is 0 Å². The number of hydrogen-bond donors (Lipinski definition) is 3. The molecule has 0 aromatic rings. The monoisotopic (exact) mass is 268 g/mol. The fourth-order valence-electron chi connectivity index (χ4n) is 3.13. The van der Waals surface area contributed by atoms with Crippen LogP contribution in [0.15, 0.2) is 0 Å². The number of nitrogens with one attached hydrogen (secondary N) is 2. The molecule has 0 aromatic carbocycles. The van der Waals surface area contributed by atoms with Gasteiger partial charge in [-0.05, 0) is 44.4 Å². The molecule has 5 heteroatoms. The summed E-state index contributed by atoms with van der Waals surface area (Å²) in [7, 11) is 0. The summed E-state index contributed by atoms with van der Waals surface area (Å²) in [6.45, 7) is 0. The van der Waals surface area contributed by atoms with Gasteiger partial charge in [0.25, 0.3) is 5.91 Å². The molecule has 108 valence electrons. The lowest BCUT2D eigenvalue weighted by Gasteiger charge is -2.23. The molecule has 2 fully saturated rings. The molecule has 2 rings (SSSR count).